The lowest BCUT2D eigenvalue weighted by molar-refractivity contribution is 0.0852. The highest BCUT2D eigenvalue weighted by molar-refractivity contribution is 5.94. The lowest BCUT2D eigenvalue weighted by atomic mass is 10.0. The summed E-state index contributed by atoms with van der Waals surface area (Å²) in [5.41, 5.74) is 2.11. The summed E-state index contributed by atoms with van der Waals surface area (Å²) in [4.78, 5) is 12.3. The minimum atomic E-state index is -0.905. The molecule has 2 N–H and O–H groups in total. The van der Waals surface area contributed by atoms with Crippen molar-refractivity contribution in [3.05, 3.63) is 65.0 Å². The largest absolute Gasteiger partial charge is 0.493 e. The average Bonchev–Trinajstić information content (AvgIpc) is 3.02. The maximum atomic E-state index is 12.9. The Balaban J connectivity index is 1.68. The third-order valence-corrected chi connectivity index (χ3v) is 4.00. The Labute approximate surface area is 133 Å². The summed E-state index contributed by atoms with van der Waals surface area (Å²) in [6.07, 6.45) is -0.109. The topological polar surface area (TPSA) is 58.6 Å². The molecule has 120 valence electrons. The van der Waals surface area contributed by atoms with E-state index in [1.807, 2.05) is 6.07 Å². The van der Waals surface area contributed by atoms with Crippen LogP contribution in [-0.2, 0) is 6.42 Å². The van der Waals surface area contributed by atoms with Gasteiger partial charge in [0.15, 0.2) is 0 Å². The predicted molar refractivity (Wildman–Crippen MR) is 83.9 cm³/mol. The van der Waals surface area contributed by atoms with Crippen LogP contribution in [0.5, 0.6) is 5.75 Å². The van der Waals surface area contributed by atoms with Crippen LogP contribution in [0.2, 0.25) is 0 Å². The second kappa shape index (κ2) is 6.38. The van der Waals surface area contributed by atoms with E-state index in [1.54, 1.807) is 19.1 Å². The predicted octanol–water partition coefficient (Wildman–Crippen LogP) is 2.61. The van der Waals surface area contributed by atoms with E-state index in [0.29, 0.717) is 17.7 Å². The number of hydrogen-bond donors (Lipinski definition) is 2. The van der Waals surface area contributed by atoms with Crippen molar-refractivity contribution in [2.75, 3.05) is 6.61 Å². The van der Waals surface area contributed by atoms with E-state index in [1.165, 1.54) is 24.3 Å². The molecule has 23 heavy (non-hydrogen) atoms. The number of aliphatic hydroxyl groups excluding tert-OH is 1. The minimum Gasteiger partial charge on any atom is -0.493 e. The van der Waals surface area contributed by atoms with Crippen molar-refractivity contribution < 1.29 is 19.0 Å². The maximum absolute atomic E-state index is 12.9. The van der Waals surface area contributed by atoms with Crippen LogP contribution in [0.3, 0.4) is 0 Å². The molecule has 1 heterocycles. The van der Waals surface area contributed by atoms with Crippen molar-refractivity contribution in [2.45, 2.75) is 25.5 Å². The Hall–Kier alpha value is -2.40. The summed E-state index contributed by atoms with van der Waals surface area (Å²) < 4.78 is 18.3. The zero-order chi connectivity index (χ0) is 16.4. The van der Waals surface area contributed by atoms with Crippen LogP contribution in [0.4, 0.5) is 4.39 Å². The fraction of sp³-hybridized carbons (Fsp3) is 0.278. The highest BCUT2D eigenvalue weighted by atomic mass is 19.1. The van der Waals surface area contributed by atoms with Gasteiger partial charge < -0.3 is 15.2 Å². The summed E-state index contributed by atoms with van der Waals surface area (Å²) in [6.45, 7) is 2.35. The van der Waals surface area contributed by atoms with Gasteiger partial charge in [-0.15, -0.1) is 0 Å². The van der Waals surface area contributed by atoms with Crippen LogP contribution in [0.25, 0.3) is 0 Å². The van der Waals surface area contributed by atoms with E-state index >= 15 is 0 Å². The van der Waals surface area contributed by atoms with Gasteiger partial charge in [0.25, 0.3) is 5.91 Å². The molecule has 0 unspecified atom stereocenters. The summed E-state index contributed by atoms with van der Waals surface area (Å²) in [6, 6.07) is 10.4. The molecule has 5 heteroatoms. The molecule has 4 nitrogen and oxygen atoms in total. The first-order valence-electron chi connectivity index (χ1n) is 7.55. The minimum absolute atomic E-state index is 0.256. The molecule has 0 fully saturated rings. The number of amides is 1. The molecule has 0 saturated carbocycles. The second-order valence-electron chi connectivity index (χ2n) is 5.68. The molecule has 0 saturated heterocycles. The summed E-state index contributed by atoms with van der Waals surface area (Å²) in [5, 5.41) is 13.1. The van der Waals surface area contributed by atoms with Crippen LogP contribution in [0.1, 0.15) is 34.5 Å². The van der Waals surface area contributed by atoms with Gasteiger partial charge in [-0.2, -0.15) is 0 Å². The number of halogens is 1. The molecule has 0 aromatic heterocycles. The highest BCUT2D eigenvalue weighted by Crippen LogP contribution is 2.26. The zero-order valence-corrected chi connectivity index (χ0v) is 12.8. The summed E-state index contributed by atoms with van der Waals surface area (Å²) in [7, 11) is 0. The van der Waals surface area contributed by atoms with Crippen molar-refractivity contribution in [1.82, 2.24) is 5.32 Å². The van der Waals surface area contributed by atoms with E-state index in [4.69, 9.17) is 4.74 Å². The molecule has 0 bridgehead atoms. The molecule has 1 aliphatic rings. The fourth-order valence-electron chi connectivity index (χ4n) is 2.65. The lowest BCUT2D eigenvalue weighted by Crippen LogP contribution is -2.37. The SMILES string of the molecule is C[C@H](NC(=O)c1ccc2c(c1)CCO2)[C@H](O)c1ccc(F)cc1. The van der Waals surface area contributed by atoms with Gasteiger partial charge in [0, 0.05) is 12.0 Å². The van der Waals surface area contributed by atoms with Gasteiger partial charge in [0.05, 0.1) is 18.8 Å². The first kappa shape index (κ1) is 15.5. The highest BCUT2D eigenvalue weighted by Gasteiger charge is 2.20. The zero-order valence-electron chi connectivity index (χ0n) is 12.8. The summed E-state index contributed by atoms with van der Waals surface area (Å²) >= 11 is 0. The molecule has 0 spiro atoms. The standard InChI is InChI=1S/C18H18FNO3/c1-11(17(21)12-2-5-15(19)6-3-12)20-18(22)14-4-7-16-13(10-14)8-9-23-16/h2-7,10-11,17,21H,8-9H2,1H3,(H,20,22)/t11-,17-/m0/s1. The molecule has 2 aromatic rings. The molecular weight excluding hydrogens is 297 g/mol. The third kappa shape index (κ3) is 3.35. The van der Waals surface area contributed by atoms with Crippen molar-refractivity contribution in [3.8, 4) is 5.75 Å². The molecular formula is C18H18FNO3. The maximum Gasteiger partial charge on any atom is 0.251 e. The third-order valence-electron chi connectivity index (χ3n) is 4.00. The van der Waals surface area contributed by atoms with Gasteiger partial charge >= 0.3 is 0 Å². The fourth-order valence-corrected chi connectivity index (χ4v) is 2.65. The van der Waals surface area contributed by atoms with Gasteiger partial charge in [-0.1, -0.05) is 12.1 Å². The van der Waals surface area contributed by atoms with E-state index in [2.05, 4.69) is 5.32 Å². The van der Waals surface area contributed by atoms with Gasteiger partial charge in [-0.3, -0.25) is 4.79 Å². The Morgan fingerprint density at radius 3 is 2.74 bits per heavy atom. The Morgan fingerprint density at radius 2 is 2.00 bits per heavy atom. The summed E-state index contributed by atoms with van der Waals surface area (Å²) in [5.74, 6) is 0.201. The quantitative estimate of drug-likeness (QED) is 0.912. The van der Waals surface area contributed by atoms with Crippen LogP contribution >= 0.6 is 0 Å². The number of carbonyl (C=O) groups excluding carboxylic acids is 1. The Bertz CT molecular complexity index is 715. The van der Waals surface area contributed by atoms with Gasteiger partial charge in [0.2, 0.25) is 0 Å². The molecule has 2 aromatic carbocycles. The first-order valence-corrected chi connectivity index (χ1v) is 7.55. The number of benzene rings is 2. The number of nitrogens with one attached hydrogen (secondary N) is 1. The number of carbonyl (C=O) groups is 1. The molecule has 0 aliphatic carbocycles. The van der Waals surface area contributed by atoms with Crippen molar-refractivity contribution >= 4 is 5.91 Å². The van der Waals surface area contributed by atoms with E-state index < -0.39 is 12.1 Å². The monoisotopic (exact) mass is 315 g/mol. The molecule has 2 atom stereocenters. The van der Waals surface area contributed by atoms with Gasteiger partial charge in [-0.05, 0) is 48.4 Å². The first-order chi connectivity index (χ1) is 11.0. The Morgan fingerprint density at radius 1 is 1.26 bits per heavy atom. The average molecular weight is 315 g/mol. The molecule has 3 rings (SSSR count). The molecule has 1 amide bonds. The smallest absolute Gasteiger partial charge is 0.251 e. The van der Waals surface area contributed by atoms with Crippen LogP contribution in [0.15, 0.2) is 42.5 Å². The van der Waals surface area contributed by atoms with Crippen molar-refractivity contribution in [3.63, 3.8) is 0 Å². The number of hydrogen-bond acceptors (Lipinski definition) is 3. The van der Waals surface area contributed by atoms with Crippen molar-refractivity contribution in [1.29, 1.82) is 0 Å². The van der Waals surface area contributed by atoms with E-state index in [0.717, 1.165) is 17.7 Å². The number of rotatable bonds is 4. The number of fused-ring (bicyclic) bond motifs is 1. The van der Waals surface area contributed by atoms with Crippen LogP contribution < -0.4 is 10.1 Å². The Kier molecular flexibility index (Phi) is 4.30. The molecule has 0 radical (unpaired) electrons. The van der Waals surface area contributed by atoms with E-state index in [-0.39, 0.29) is 11.7 Å². The van der Waals surface area contributed by atoms with Crippen LogP contribution in [0, 0.1) is 5.82 Å². The lowest BCUT2D eigenvalue weighted by Gasteiger charge is -2.21. The van der Waals surface area contributed by atoms with Gasteiger partial charge in [0.1, 0.15) is 11.6 Å². The second-order valence-corrected chi connectivity index (χ2v) is 5.68. The molecule has 1 aliphatic heterocycles. The number of aliphatic hydroxyl groups is 1. The van der Waals surface area contributed by atoms with Crippen LogP contribution in [-0.4, -0.2) is 23.7 Å². The number of ether oxygens (including phenoxy) is 1. The van der Waals surface area contributed by atoms with Crippen molar-refractivity contribution in [2.24, 2.45) is 0 Å². The normalized spacial score (nSPS) is 15.4. The van der Waals surface area contributed by atoms with E-state index in [9.17, 15) is 14.3 Å². The van der Waals surface area contributed by atoms with Gasteiger partial charge in [-0.25, -0.2) is 4.39 Å².